The van der Waals surface area contributed by atoms with Gasteiger partial charge in [0.2, 0.25) is 0 Å². The van der Waals surface area contributed by atoms with Crippen molar-refractivity contribution in [3.05, 3.63) is 35.4 Å². The van der Waals surface area contributed by atoms with Crippen molar-refractivity contribution in [3.63, 3.8) is 0 Å². The molecule has 0 saturated heterocycles. The monoisotopic (exact) mass is 192 g/mol. The van der Waals surface area contributed by atoms with E-state index in [4.69, 9.17) is 0 Å². The first kappa shape index (κ1) is 9.38. The predicted octanol–water partition coefficient (Wildman–Crippen LogP) is 3.10. The molecule has 0 radical (unpaired) electrons. The van der Waals surface area contributed by atoms with Crippen molar-refractivity contribution in [1.82, 2.24) is 0 Å². The van der Waals surface area contributed by atoms with Gasteiger partial charge in [-0.05, 0) is 30.9 Å². The lowest BCUT2D eigenvalue weighted by Crippen LogP contribution is -2.06. The molecule has 1 aromatic rings. The lowest BCUT2D eigenvalue weighted by atomic mass is 9.95. The standard InChI is InChI=1S/C12H13FO/c13-12-6-2-5-11(12)10-4-1-3-9(7-10)8-14/h1,3-4,7-8,11-12H,2,5-6H2. The van der Waals surface area contributed by atoms with Crippen LogP contribution in [0.15, 0.2) is 24.3 Å². The minimum atomic E-state index is -0.725. The highest BCUT2D eigenvalue weighted by Crippen LogP contribution is 2.36. The number of carbonyl (C=O) groups excluding carboxylic acids is 1. The van der Waals surface area contributed by atoms with Crippen LogP contribution in [0.3, 0.4) is 0 Å². The maximum Gasteiger partial charge on any atom is 0.150 e. The first-order valence-corrected chi connectivity index (χ1v) is 5.00. The summed E-state index contributed by atoms with van der Waals surface area (Å²) in [5, 5.41) is 0. The van der Waals surface area contributed by atoms with E-state index >= 15 is 0 Å². The molecule has 0 aliphatic heterocycles. The summed E-state index contributed by atoms with van der Waals surface area (Å²) in [6, 6.07) is 7.29. The van der Waals surface area contributed by atoms with Gasteiger partial charge in [-0.2, -0.15) is 0 Å². The Morgan fingerprint density at radius 1 is 1.36 bits per heavy atom. The summed E-state index contributed by atoms with van der Waals surface area (Å²) in [5.41, 5.74) is 1.61. The van der Waals surface area contributed by atoms with Gasteiger partial charge in [-0.1, -0.05) is 18.2 Å². The SMILES string of the molecule is O=Cc1cccc(C2CCCC2F)c1. The third-order valence-electron chi connectivity index (χ3n) is 2.91. The Morgan fingerprint density at radius 2 is 2.21 bits per heavy atom. The molecule has 2 atom stereocenters. The van der Waals surface area contributed by atoms with Crippen molar-refractivity contribution < 1.29 is 9.18 Å². The summed E-state index contributed by atoms with van der Waals surface area (Å²) < 4.78 is 13.4. The van der Waals surface area contributed by atoms with E-state index in [1.807, 2.05) is 12.1 Å². The molecule has 0 N–H and O–H groups in total. The number of aldehydes is 1. The predicted molar refractivity (Wildman–Crippen MR) is 53.3 cm³/mol. The van der Waals surface area contributed by atoms with Crippen molar-refractivity contribution in [2.45, 2.75) is 31.4 Å². The van der Waals surface area contributed by atoms with Gasteiger partial charge >= 0.3 is 0 Å². The van der Waals surface area contributed by atoms with Gasteiger partial charge < -0.3 is 0 Å². The molecule has 0 spiro atoms. The van der Waals surface area contributed by atoms with Gasteiger partial charge in [-0.25, -0.2) is 4.39 Å². The van der Waals surface area contributed by atoms with Crippen molar-refractivity contribution in [3.8, 4) is 0 Å². The van der Waals surface area contributed by atoms with Gasteiger partial charge in [0.1, 0.15) is 12.5 Å². The van der Waals surface area contributed by atoms with E-state index in [0.717, 1.165) is 24.7 Å². The zero-order valence-corrected chi connectivity index (χ0v) is 7.95. The van der Waals surface area contributed by atoms with E-state index in [1.54, 1.807) is 12.1 Å². The molecular weight excluding hydrogens is 179 g/mol. The van der Waals surface area contributed by atoms with Crippen LogP contribution in [-0.4, -0.2) is 12.5 Å². The van der Waals surface area contributed by atoms with Gasteiger partial charge in [-0.15, -0.1) is 0 Å². The van der Waals surface area contributed by atoms with Crippen LogP contribution in [0.5, 0.6) is 0 Å². The van der Waals surface area contributed by atoms with Crippen molar-refractivity contribution in [2.24, 2.45) is 0 Å². The molecule has 1 saturated carbocycles. The Balaban J connectivity index is 2.26. The Kier molecular flexibility index (Phi) is 2.62. The third kappa shape index (κ3) is 1.69. The van der Waals surface area contributed by atoms with Gasteiger partial charge in [-0.3, -0.25) is 4.79 Å². The minimum Gasteiger partial charge on any atom is -0.298 e. The third-order valence-corrected chi connectivity index (χ3v) is 2.91. The summed E-state index contributed by atoms with van der Waals surface area (Å²) in [4.78, 5) is 10.6. The number of hydrogen-bond acceptors (Lipinski definition) is 1. The van der Waals surface area contributed by atoms with Crippen LogP contribution in [0.25, 0.3) is 0 Å². The zero-order valence-electron chi connectivity index (χ0n) is 7.95. The van der Waals surface area contributed by atoms with E-state index in [1.165, 1.54) is 0 Å². The van der Waals surface area contributed by atoms with Gasteiger partial charge in [0.05, 0.1) is 0 Å². The number of halogens is 1. The zero-order chi connectivity index (χ0) is 9.97. The van der Waals surface area contributed by atoms with Crippen LogP contribution >= 0.6 is 0 Å². The average molecular weight is 192 g/mol. The molecule has 14 heavy (non-hydrogen) atoms. The molecule has 1 nitrogen and oxygen atoms in total. The second-order valence-electron chi connectivity index (χ2n) is 3.84. The van der Waals surface area contributed by atoms with Crippen molar-refractivity contribution in [2.75, 3.05) is 0 Å². The molecule has 1 aromatic carbocycles. The van der Waals surface area contributed by atoms with Gasteiger partial charge in [0.15, 0.2) is 0 Å². The van der Waals surface area contributed by atoms with Crippen LogP contribution in [0, 0.1) is 0 Å². The Morgan fingerprint density at radius 3 is 2.86 bits per heavy atom. The molecule has 74 valence electrons. The first-order valence-electron chi connectivity index (χ1n) is 5.00. The van der Waals surface area contributed by atoms with Gasteiger partial charge in [0.25, 0.3) is 0 Å². The normalized spacial score (nSPS) is 26.4. The quantitative estimate of drug-likeness (QED) is 0.658. The molecule has 0 aromatic heterocycles. The first-order chi connectivity index (χ1) is 6.81. The maximum absolute atomic E-state index is 13.4. The molecule has 2 rings (SSSR count). The molecule has 0 heterocycles. The van der Waals surface area contributed by atoms with E-state index in [9.17, 15) is 9.18 Å². The molecule has 0 amide bonds. The molecule has 1 aliphatic carbocycles. The van der Waals surface area contributed by atoms with Crippen molar-refractivity contribution >= 4 is 6.29 Å². The fraction of sp³-hybridized carbons (Fsp3) is 0.417. The number of benzene rings is 1. The van der Waals surface area contributed by atoms with Crippen LogP contribution in [-0.2, 0) is 0 Å². The van der Waals surface area contributed by atoms with Crippen LogP contribution in [0.1, 0.15) is 41.1 Å². The van der Waals surface area contributed by atoms with Gasteiger partial charge in [0, 0.05) is 11.5 Å². The van der Waals surface area contributed by atoms with E-state index < -0.39 is 6.17 Å². The van der Waals surface area contributed by atoms with E-state index in [0.29, 0.717) is 12.0 Å². The summed E-state index contributed by atoms with van der Waals surface area (Å²) in [7, 11) is 0. The van der Waals surface area contributed by atoms with Crippen molar-refractivity contribution in [1.29, 1.82) is 0 Å². The number of alkyl halides is 1. The van der Waals surface area contributed by atoms with Crippen LogP contribution in [0.4, 0.5) is 4.39 Å². The number of hydrogen-bond donors (Lipinski definition) is 0. The summed E-state index contributed by atoms with van der Waals surface area (Å²) in [6.07, 6.45) is 2.61. The number of carbonyl (C=O) groups is 1. The summed E-state index contributed by atoms with van der Waals surface area (Å²) >= 11 is 0. The van der Waals surface area contributed by atoms with Crippen LogP contribution in [0.2, 0.25) is 0 Å². The molecule has 2 heteroatoms. The second-order valence-corrected chi connectivity index (χ2v) is 3.84. The molecule has 1 fully saturated rings. The lowest BCUT2D eigenvalue weighted by molar-refractivity contribution is 0.112. The highest BCUT2D eigenvalue weighted by molar-refractivity contribution is 5.75. The summed E-state index contributed by atoms with van der Waals surface area (Å²) in [6.45, 7) is 0. The Bertz CT molecular complexity index is 335. The fourth-order valence-corrected chi connectivity index (χ4v) is 2.15. The Labute approximate surface area is 82.9 Å². The molecule has 1 aliphatic rings. The fourth-order valence-electron chi connectivity index (χ4n) is 2.15. The van der Waals surface area contributed by atoms with E-state index in [2.05, 4.69) is 0 Å². The molecule has 0 bridgehead atoms. The maximum atomic E-state index is 13.4. The highest BCUT2D eigenvalue weighted by Gasteiger charge is 2.28. The van der Waals surface area contributed by atoms with E-state index in [-0.39, 0.29) is 5.92 Å². The number of rotatable bonds is 2. The second kappa shape index (κ2) is 3.91. The lowest BCUT2D eigenvalue weighted by Gasteiger charge is -2.12. The molecule has 2 unspecified atom stereocenters. The highest BCUT2D eigenvalue weighted by atomic mass is 19.1. The average Bonchev–Trinajstić information content (AvgIpc) is 2.65. The van der Waals surface area contributed by atoms with Crippen LogP contribution < -0.4 is 0 Å². The Hall–Kier alpha value is -1.18. The smallest absolute Gasteiger partial charge is 0.150 e. The minimum absolute atomic E-state index is 0.00917. The topological polar surface area (TPSA) is 17.1 Å². The largest absolute Gasteiger partial charge is 0.298 e. The molecular formula is C12H13FO. The summed E-state index contributed by atoms with van der Waals surface area (Å²) in [5.74, 6) is 0.00917.